The van der Waals surface area contributed by atoms with Gasteiger partial charge in [0.1, 0.15) is 17.9 Å². The number of nitriles is 1. The molecule has 1 amide bonds. The molecule has 0 spiro atoms. The summed E-state index contributed by atoms with van der Waals surface area (Å²) in [7, 11) is 0. The van der Waals surface area contributed by atoms with Crippen molar-refractivity contribution in [3.05, 3.63) is 65.9 Å². The molecule has 10 nitrogen and oxygen atoms in total. The number of nitrogens with one attached hydrogen (secondary N) is 1. The lowest BCUT2D eigenvalue weighted by molar-refractivity contribution is -0.150. The number of aromatic nitrogens is 2. The number of amides is 1. The van der Waals surface area contributed by atoms with Crippen LogP contribution in [0.2, 0.25) is 0 Å². The van der Waals surface area contributed by atoms with Crippen molar-refractivity contribution in [3.8, 4) is 23.1 Å². The number of piperidine rings is 2. The average molecular weight is 619 g/mol. The molecule has 45 heavy (non-hydrogen) atoms. The van der Waals surface area contributed by atoms with Crippen LogP contribution in [0.1, 0.15) is 42.7 Å². The van der Waals surface area contributed by atoms with Crippen molar-refractivity contribution in [2.45, 2.75) is 56.3 Å². The molecule has 2 N–H and O–H groups in total. The summed E-state index contributed by atoms with van der Waals surface area (Å²) in [5.74, 6) is 0.374. The number of ether oxygens (including phenoxy) is 2. The molecule has 12 heteroatoms. The molecule has 0 unspecified atom stereocenters. The molecule has 3 saturated heterocycles. The Hall–Kier alpha value is -4.18. The average Bonchev–Trinajstić information content (AvgIpc) is 3.04. The molecule has 6 rings (SSSR count). The number of nitrogens with zero attached hydrogens (tertiary/aromatic N) is 5. The van der Waals surface area contributed by atoms with Gasteiger partial charge in [-0.25, -0.2) is 18.7 Å². The van der Waals surface area contributed by atoms with E-state index in [1.54, 1.807) is 24.4 Å². The predicted octanol–water partition coefficient (Wildman–Crippen LogP) is 4.33. The Balaban J connectivity index is 1.07. The number of carbonyl (C=O) groups excluding carboxylic acids is 1. The van der Waals surface area contributed by atoms with Crippen LogP contribution in [-0.4, -0.2) is 94.8 Å². The molecule has 1 atom stereocenters. The summed E-state index contributed by atoms with van der Waals surface area (Å²) in [4.78, 5) is 24.9. The van der Waals surface area contributed by atoms with Crippen LogP contribution in [0.15, 0.2) is 54.7 Å². The first-order valence-electron chi connectivity index (χ1n) is 15.4. The van der Waals surface area contributed by atoms with Gasteiger partial charge in [0.05, 0.1) is 30.5 Å². The van der Waals surface area contributed by atoms with Gasteiger partial charge in [-0.15, -0.1) is 0 Å². The zero-order chi connectivity index (χ0) is 31.3. The van der Waals surface area contributed by atoms with Crippen LogP contribution in [0.3, 0.4) is 0 Å². The van der Waals surface area contributed by atoms with Crippen LogP contribution in [0.25, 0.3) is 11.3 Å². The first-order chi connectivity index (χ1) is 21.9. The molecule has 2 aromatic carbocycles. The monoisotopic (exact) mass is 618 g/mol. The molecule has 3 aliphatic heterocycles. The standard InChI is InChI=1S/C33H36F2N6O4/c34-31(35)30(42)32(43)41-14-9-27(10-15-41)45-29-5-4-23(16-24(29)18-36)28-6-11-37-33(39-28)38-25-3-1-2-22(17-25)21-7-12-40(13-8-21)26-19-44-20-26/h1-6,11,16-17,21,26-27,30-31,42H,7-10,12-15,19-20H2,(H,37,38,39)/t30-/m1/s1. The van der Waals surface area contributed by atoms with Gasteiger partial charge in [-0.05, 0) is 73.8 Å². The van der Waals surface area contributed by atoms with Crippen molar-refractivity contribution in [3.63, 3.8) is 0 Å². The highest BCUT2D eigenvalue weighted by atomic mass is 19.3. The van der Waals surface area contributed by atoms with Crippen molar-refractivity contribution in [2.75, 3.05) is 44.7 Å². The summed E-state index contributed by atoms with van der Waals surface area (Å²) >= 11 is 0. The highest BCUT2D eigenvalue weighted by Gasteiger charge is 2.33. The van der Waals surface area contributed by atoms with Crippen LogP contribution in [-0.2, 0) is 9.53 Å². The van der Waals surface area contributed by atoms with Crippen LogP contribution in [0.4, 0.5) is 20.4 Å². The highest BCUT2D eigenvalue weighted by Crippen LogP contribution is 2.32. The van der Waals surface area contributed by atoms with Crippen LogP contribution in [0, 0.1) is 11.3 Å². The second-order valence-electron chi connectivity index (χ2n) is 11.8. The van der Waals surface area contributed by atoms with E-state index in [9.17, 15) is 23.9 Å². The highest BCUT2D eigenvalue weighted by molar-refractivity contribution is 5.81. The van der Waals surface area contributed by atoms with Gasteiger partial charge >= 0.3 is 0 Å². The number of likely N-dealkylation sites (tertiary alicyclic amines) is 2. The number of hydrogen-bond acceptors (Lipinski definition) is 9. The molecular weight excluding hydrogens is 582 g/mol. The Morgan fingerprint density at radius 3 is 2.53 bits per heavy atom. The van der Waals surface area contributed by atoms with Crippen LogP contribution >= 0.6 is 0 Å². The van der Waals surface area contributed by atoms with E-state index < -0.39 is 18.4 Å². The Morgan fingerprint density at radius 1 is 1.07 bits per heavy atom. The Labute approximate surface area is 260 Å². The third-order valence-corrected chi connectivity index (χ3v) is 8.87. The van der Waals surface area contributed by atoms with E-state index in [4.69, 9.17) is 14.5 Å². The third-order valence-electron chi connectivity index (χ3n) is 8.87. The number of aliphatic hydroxyl groups is 1. The van der Waals surface area contributed by atoms with Gasteiger partial charge in [0.2, 0.25) is 5.95 Å². The summed E-state index contributed by atoms with van der Waals surface area (Å²) in [5, 5.41) is 22.6. The normalized spacial score (nSPS) is 19.1. The van der Waals surface area contributed by atoms with E-state index in [1.807, 2.05) is 12.1 Å². The zero-order valence-corrected chi connectivity index (χ0v) is 24.8. The van der Waals surface area contributed by atoms with E-state index >= 15 is 0 Å². The molecule has 0 bridgehead atoms. The molecular formula is C33H36F2N6O4. The number of rotatable bonds is 9. The number of alkyl halides is 2. The summed E-state index contributed by atoms with van der Waals surface area (Å²) in [6, 6.07) is 18.2. The Kier molecular flexibility index (Phi) is 9.49. The van der Waals surface area contributed by atoms with Crippen molar-refractivity contribution in [1.29, 1.82) is 5.26 Å². The third kappa shape index (κ3) is 7.22. The first-order valence-corrected chi connectivity index (χ1v) is 15.4. The fourth-order valence-electron chi connectivity index (χ4n) is 6.16. The minimum absolute atomic E-state index is 0.183. The molecule has 0 aliphatic carbocycles. The molecule has 3 aromatic rings. The van der Waals surface area contributed by atoms with Crippen molar-refractivity contribution in [2.24, 2.45) is 0 Å². The number of benzene rings is 2. The number of hydrogen-bond donors (Lipinski definition) is 2. The van der Waals surface area contributed by atoms with Gasteiger partial charge < -0.3 is 24.8 Å². The smallest absolute Gasteiger partial charge is 0.273 e. The Bertz CT molecular complexity index is 1530. The van der Waals surface area contributed by atoms with Gasteiger partial charge in [0.15, 0.2) is 6.10 Å². The molecule has 1 aromatic heterocycles. The SMILES string of the molecule is N#Cc1cc(-c2ccnc(Nc3cccc(C4CCN(C5COC5)CC4)c3)n2)ccc1OC1CCN(C(=O)[C@H](O)C(F)F)CC1. The lowest BCUT2D eigenvalue weighted by Crippen LogP contribution is -2.51. The number of halogens is 2. The predicted molar refractivity (Wildman–Crippen MR) is 162 cm³/mol. The second-order valence-corrected chi connectivity index (χ2v) is 11.8. The van der Waals surface area contributed by atoms with Crippen molar-refractivity contribution < 1.29 is 28.2 Å². The minimum atomic E-state index is -3.12. The Morgan fingerprint density at radius 2 is 1.84 bits per heavy atom. The van der Waals surface area contributed by atoms with Gasteiger partial charge in [0.25, 0.3) is 12.3 Å². The van der Waals surface area contributed by atoms with Crippen LogP contribution in [0.5, 0.6) is 5.75 Å². The molecule has 236 valence electrons. The van der Waals surface area contributed by atoms with E-state index in [0.29, 0.717) is 47.8 Å². The topological polar surface area (TPSA) is 124 Å². The first kappa shape index (κ1) is 30.8. The van der Waals surface area contributed by atoms with E-state index in [1.165, 1.54) is 10.5 Å². The molecule has 0 radical (unpaired) electrons. The molecule has 0 saturated carbocycles. The van der Waals surface area contributed by atoms with Gasteiger partial charge in [-0.3, -0.25) is 9.69 Å². The van der Waals surface area contributed by atoms with Gasteiger partial charge in [-0.2, -0.15) is 5.26 Å². The quantitative estimate of drug-likeness (QED) is 0.361. The van der Waals surface area contributed by atoms with Gasteiger partial charge in [-0.1, -0.05) is 12.1 Å². The van der Waals surface area contributed by atoms with E-state index in [2.05, 4.69) is 39.5 Å². The largest absolute Gasteiger partial charge is 0.489 e. The molecule has 4 heterocycles. The fourth-order valence-corrected chi connectivity index (χ4v) is 6.16. The van der Waals surface area contributed by atoms with Crippen LogP contribution < -0.4 is 10.1 Å². The minimum Gasteiger partial charge on any atom is -0.489 e. The summed E-state index contributed by atoms with van der Waals surface area (Å²) in [5.41, 5.74) is 3.91. The molecule has 3 aliphatic rings. The summed E-state index contributed by atoms with van der Waals surface area (Å²) < 4.78 is 36.8. The maximum atomic E-state index is 12.7. The summed E-state index contributed by atoms with van der Waals surface area (Å²) in [6.45, 7) is 4.25. The summed E-state index contributed by atoms with van der Waals surface area (Å²) in [6.07, 6.45) is -1.03. The number of anilines is 2. The van der Waals surface area contributed by atoms with E-state index in [-0.39, 0.29) is 19.2 Å². The fraction of sp³-hybridized carbons (Fsp3) is 0.455. The number of carbonyl (C=O) groups is 1. The van der Waals surface area contributed by atoms with Gasteiger partial charge in [0, 0.05) is 43.4 Å². The second kappa shape index (κ2) is 13.9. The van der Waals surface area contributed by atoms with Crippen molar-refractivity contribution in [1.82, 2.24) is 19.8 Å². The van der Waals surface area contributed by atoms with Crippen molar-refractivity contribution >= 4 is 17.5 Å². The molecule has 3 fully saturated rings. The lowest BCUT2D eigenvalue weighted by atomic mass is 9.88. The number of aliphatic hydroxyl groups excluding tert-OH is 1. The maximum absolute atomic E-state index is 12.7. The zero-order valence-electron chi connectivity index (χ0n) is 24.8. The lowest BCUT2D eigenvalue weighted by Gasteiger charge is -2.41. The van der Waals surface area contributed by atoms with E-state index in [0.717, 1.165) is 50.4 Å². The maximum Gasteiger partial charge on any atom is 0.273 e.